The lowest BCUT2D eigenvalue weighted by Crippen LogP contribution is -2.42. The van der Waals surface area contributed by atoms with Crippen molar-refractivity contribution < 1.29 is 17.9 Å². The molecule has 1 atom stereocenters. The molecule has 3 heterocycles. The van der Waals surface area contributed by atoms with E-state index >= 15 is 0 Å². The summed E-state index contributed by atoms with van der Waals surface area (Å²) in [5.74, 6) is 0.695. The third kappa shape index (κ3) is 4.66. The van der Waals surface area contributed by atoms with E-state index in [1.54, 1.807) is 27.8 Å². The molecule has 176 valence electrons. The molecular formula is C23H28N4O5S. The van der Waals surface area contributed by atoms with Gasteiger partial charge in [0.25, 0.3) is 5.56 Å². The fraction of sp³-hybridized carbons (Fsp3) is 0.435. The molecule has 0 N–H and O–H groups in total. The number of anilines is 1. The van der Waals surface area contributed by atoms with Gasteiger partial charge in [-0.2, -0.15) is 0 Å². The van der Waals surface area contributed by atoms with E-state index in [4.69, 9.17) is 9.72 Å². The highest BCUT2D eigenvalue weighted by atomic mass is 32.2. The Morgan fingerprint density at radius 3 is 2.70 bits per heavy atom. The number of hydrogen-bond donors (Lipinski definition) is 0. The Kier molecular flexibility index (Phi) is 6.29. The van der Waals surface area contributed by atoms with E-state index in [1.165, 1.54) is 19.4 Å². The monoisotopic (exact) mass is 472 g/mol. The first-order valence-corrected chi connectivity index (χ1v) is 13.0. The lowest BCUT2D eigenvalue weighted by Gasteiger charge is -2.34. The van der Waals surface area contributed by atoms with Gasteiger partial charge in [-0.15, -0.1) is 0 Å². The fourth-order valence-corrected chi connectivity index (χ4v) is 4.93. The van der Waals surface area contributed by atoms with Crippen molar-refractivity contribution >= 4 is 32.7 Å². The molecule has 0 saturated carbocycles. The second kappa shape index (κ2) is 9.01. The van der Waals surface area contributed by atoms with E-state index in [9.17, 15) is 18.0 Å². The average molecular weight is 473 g/mol. The molecule has 0 spiro atoms. The van der Waals surface area contributed by atoms with Crippen molar-refractivity contribution in [1.29, 1.82) is 0 Å². The zero-order valence-corrected chi connectivity index (χ0v) is 19.8. The maximum Gasteiger partial charge on any atom is 0.414 e. The number of carbonyl (C=O) groups excluding carboxylic acids is 1. The van der Waals surface area contributed by atoms with Crippen LogP contribution in [0.2, 0.25) is 0 Å². The van der Waals surface area contributed by atoms with E-state index < -0.39 is 15.9 Å². The Balaban J connectivity index is 1.79. The minimum absolute atomic E-state index is 0.000790. The van der Waals surface area contributed by atoms with E-state index in [2.05, 4.69) is 0 Å². The first-order valence-electron chi connectivity index (χ1n) is 10.9. The molecule has 1 amide bonds. The predicted molar refractivity (Wildman–Crippen MR) is 127 cm³/mol. The zero-order chi connectivity index (χ0) is 23.8. The molecule has 0 bridgehead atoms. The minimum atomic E-state index is -3.18. The van der Waals surface area contributed by atoms with E-state index in [0.29, 0.717) is 18.8 Å². The van der Waals surface area contributed by atoms with Crippen LogP contribution in [0, 0.1) is 0 Å². The number of sulfone groups is 1. The van der Waals surface area contributed by atoms with Gasteiger partial charge in [0.2, 0.25) is 0 Å². The number of benzene rings is 1. The summed E-state index contributed by atoms with van der Waals surface area (Å²) in [5.41, 5.74) is 3.21. The predicted octanol–water partition coefficient (Wildman–Crippen LogP) is 2.39. The molecular weight excluding hydrogens is 444 g/mol. The number of aromatic nitrogens is 3. The van der Waals surface area contributed by atoms with Crippen LogP contribution in [0.4, 0.5) is 10.5 Å². The van der Waals surface area contributed by atoms with Crippen LogP contribution in [0.15, 0.2) is 41.3 Å². The SMILES string of the molecule is COC(=O)N1c2ccc3c(nc(CCn4ccccc4=O)n3CCS(C)(=O)=O)c2CC[C@@H]1C. The molecule has 3 aromatic rings. The first kappa shape index (κ1) is 23.0. The largest absolute Gasteiger partial charge is 0.452 e. The number of aryl methyl sites for hydroxylation is 4. The van der Waals surface area contributed by atoms with Crippen LogP contribution in [0.5, 0.6) is 0 Å². The van der Waals surface area contributed by atoms with Gasteiger partial charge in [-0.05, 0) is 38.0 Å². The van der Waals surface area contributed by atoms with Crippen LogP contribution in [0.25, 0.3) is 11.0 Å². The molecule has 10 heteroatoms. The van der Waals surface area contributed by atoms with Gasteiger partial charge in [-0.3, -0.25) is 9.69 Å². The van der Waals surface area contributed by atoms with Crippen molar-refractivity contribution in [2.45, 2.75) is 45.3 Å². The summed E-state index contributed by atoms with van der Waals surface area (Å²) < 4.78 is 32.3. The number of nitrogens with zero attached hydrogens (tertiary/aromatic N) is 4. The number of amides is 1. The highest BCUT2D eigenvalue weighted by Gasteiger charge is 2.31. The summed E-state index contributed by atoms with van der Waals surface area (Å²) in [6.45, 7) is 2.68. The van der Waals surface area contributed by atoms with Crippen molar-refractivity contribution in [1.82, 2.24) is 14.1 Å². The number of carbonyl (C=O) groups is 1. The Bertz CT molecular complexity index is 1360. The molecule has 1 aromatic carbocycles. The molecule has 9 nitrogen and oxygen atoms in total. The quantitative estimate of drug-likeness (QED) is 0.546. The molecule has 1 aliphatic heterocycles. The summed E-state index contributed by atoms with van der Waals surface area (Å²) in [7, 11) is -1.81. The number of hydrogen-bond acceptors (Lipinski definition) is 6. The maximum absolute atomic E-state index is 12.4. The van der Waals surface area contributed by atoms with Crippen LogP contribution < -0.4 is 10.5 Å². The second-order valence-electron chi connectivity index (χ2n) is 8.45. The lowest BCUT2D eigenvalue weighted by atomic mass is 9.96. The van der Waals surface area contributed by atoms with Gasteiger partial charge >= 0.3 is 6.09 Å². The van der Waals surface area contributed by atoms with Crippen LogP contribution in [0.1, 0.15) is 24.7 Å². The number of imidazole rings is 1. The van der Waals surface area contributed by atoms with Crippen LogP contribution in [-0.4, -0.2) is 53.8 Å². The molecule has 1 aliphatic rings. The van der Waals surface area contributed by atoms with Gasteiger partial charge in [0, 0.05) is 49.6 Å². The first-order chi connectivity index (χ1) is 15.7. The van der Waals surface area contributed by atoms with Gasteiger partial charge in [-0.25, -0.2) is 18.2 Å². The zero-order valence-electron chi connectivity index (χ0n) is 19.0. The smallest absolute Gasteiger partial charge is 0.414 e. The van der Waals surface area contributed by atoms with Gasteiger partial charge in [0.05, 0.1) is 29.6 Å². The molecule has 2 aromatic heterocycles. The minimum Gasteiger partial charge on any atom is -0.452 e. The highest BCUT2D eigenvalue weighted by molar-refractivity contribution is 7.90. The number of fused-ring (bicyclic) bond motifs is 3. The Morgan fingerprint density at radius 1 is 1.21 bits per heavy atom. The maximum atomic E-state index is 12.4. The van der Waals surface area contributed by atoms with Crippen molar-refractivity contribution in [3.63, 3.8) is 0 Å². The number of methoxy groups -OCH3 is 1. The van der Waals surface area contributed by atoms with Crippen LogP contribution in [-0.2, 0) is 40.5 Å². The van der Waals surface area contributed by atoms with Gasteiger partial charge in [0.15, 0.2) is 0 Å². The molecule has 4 rings (SSSR count). The Hall–Kier alpha value is -3.14. The summed E-state index contributed by atoms with van der Waals surface area (Å²) in [6.07, 6.45) is 4.52. The highest BCUT2D eigenvalue weighted by Crippen LogP contribution is 2.36. The summed E-state index contributed by atoms with van der Waals surface area (Å²) in [5, 5.41) is 0. The standard InChI is InChI=1S/C23H28N4O5S/c1-16-7-8-17-18(27(16)23(29)32-2)9-10-19-22(17)24-20(26(19)14-15-33(3,30)31)11-13-25-12-5-4-6-21(25)28/h4-6,9-10,12,16H,7-8,11,13-15H2,1-3H3/t16-/m0/s1. The third-order valence-electron chi connectivity index (χ3n) is 6.12. The molecule has 0 aliphatic carbocycles. The number of rotatable bonds is 6. The molecule has 33 heavy (non-hydrogen) atoms. The van der Waals surface area contributed by atoms with Crippen molar-refractivity contribution in [2.75, 3.05) is 24.0 Å². The molecule has 0 radical (unpaired) electrons. The van der Waals surface area contributed by atoms with Crippen molar-refractivity contribution in [2.24, 2.45) is 0 Å². The summed E-state index contributed by atoms with van der Waals surface area (Å²) in [6, 6.07) is 8.77. The lowest BCUT2D eigenvalue weighted by molar-refractivity contribution is 0.175. The van der Waals surface area contributed by atoms with Crippen molar-refractivity contribution in [3.05, 3.63) is 58.3 Å². The summed E-state index contributed by atoms with van der Waals surface area (Å²) in [4.78, 5) is 31.1. The fourth-order valence-electron chi connectivity index (χ4n) is 4.42. The number of ether oxygens (including phenoxy) is 1. The van der Waals surface area contributed by atoms with E-state index in [0.717, 1.165) is 35.1 Å². The van der Waals surface area contributed by atoms with Gasteiger partial charge < -0.3 is 13.9 Å². The van der Waals surface area contributed by atoms with Crippen LogP contribution >= 0.6 is 0 Å². The van der Waals surface area contributed by atoms with E-state index in [-0.39, 0.29) is 23.9 Å². The number of pyridine rings is 1. The van der Waals surface area contributed by atoms with Crippen LogP contribution in [0.3, 0.4) is 0 Å². The Morgan fingerprint density at radius 2 is 2.00 bits per heavy atom. The third-order valence-corrected chi connectivity index (χ3v) is 7.05. The molecule has 0 unspecified atom stereocenters. The molecule has 0 saturated heterocycles. The normalized spacial score (nSPS) is 16.1. The Labute approximate surface area is 192 Å². The topological polar surface area (TPSA) is 104 Å². The second-order valence-corrected chi connectivity index (χ2v) is 10.7. The molecule has 0 fully saturated rings. The van der Waals surface area contributed by atoms with Crippen molar-refractivity contribution in [3.8, 4) is 0 Å². The van der Waals surface area contributed by atoms with Gasteiger partial charge in [-0.1, -0.05) is 6.07 Å². The summed E-state index contributed by atoms with van der Waals surface area (Å²) >= 11 is 0. The van der Waals surface area contributed by atoms with E-state index in [1.807, 2.05) is 23.6 Å². The average Bonchev–Trinajstić information content (AvgIpc) is 3.13. The van der Waals surface area contributed by atoms with Gasteiger partial charge in [0.1, 0.15) is 15.7 Å².